The van der Waals surface area contributed by atoms with E-state index in [4.69, 9.17) is 9.47 Å². The number of ether oxygens (including phenoxy) is 2. The summed E-state index contributed by atoms with van der Waals surface area (Å²) in [4.78, 5) is 23.7. The number of piperidine rings is 1. The van der Waals surface area contributed by atoms with Crippen LogP contribution in [-0.2, 0) is 14.3 Å². The molecule has 0 aliphatic carbocycles. The number of aldehydes is 1. The average molecular weight is 257 g/mol. The molecule has 0 atom stereocenters. The first-order chi connectivity index (χ1) is 8.42. The lowest BCUT2D eigenvalue weighted by atomic mass is 9.98. The zero-order valence-corrected chi connectivity index (χ0v) is 11.5. The Labute approximate surface area is 108 Å². The molecule has 0 saturated carbocycles. The van der Waals surface area contributed by atoms with E-state index in [1.807, 2.05) is 20.8 Å². The zero-order chi connectivity index (χ0) is 13.6. The van der Waals surface area contributed by atoms with E-state index in [2.05, 4.69) is 0 Å². The van der Waals surface area contributed by atoms with Gasteiger partial charge in [-0.1, -0.05) is 0 Å². The van der Waals surface area contributed by atoms with Gasteiger partial charge in [0.15, 0.2) is 0 Å². The maximum absolute atomic E-state index is 11.8. The number of amides is 1. The van der Waals surface area contributed by atoms with Crippen LogP contribution in [0.25, 0.3) is 0 Å². The van der Waals surface area contributed by atoms with Crippen molar-refractivity contribution < 1.29 is 19.1 Å². The van der Waals surface area contributed by atoms with Gasteiger partial charge in [0, 0.05) is 13.1 Å². The summed E-state index contributed by atoms with van der Waals surface area (Å²) in [6.07, 6.45) is 2.32. The van der Waals surface area contributed by atoms with Gasteiger partial charge in [-0.3, -0.25) is 0 Å². The summed E-state index contributed by atoms with van der Waals surface area (Å²) >= 11 is 0. The van der Waals surface area contributed by atoms with Gasteiger partial charge in [0.1, 0.15) is 18.5 Å². The minimum absolute atomic E-state index is 0.159. The van der Waals surface area contributed by atoms with Crippen LogP contribution in [0.2, 0.25) is 0 Å². The summed E-state index contributed by atoms with van der Waals surface area (Å²) in [5.74, 6) is 0.434. The number of carbonyl (C=O) groups excluding carboxylic acids is 2. The first-order valence-corrected chi connectivity index (χ1v) is 6.41. The van der Waals surface area contributed by atoms with Crippen LogP contribution in [0.5, 0.6) is 0 Å². The molecule has 1 aliphatic rings. The molecule has 0 bridgehead atoms. The average Bonchev–Trinajstić information content (AvgIpc) is 2.28. The summed E-state index contributed by atoms with van der Waals surface area (Å²) < 4.78 is 10.5. The molecule has 0 N–H and O–H groups in total. The Morgan fingerprint density at radius 3 is 2.44 bits per heavy atom. The number of nitrogens with zero attached hydrogens (tertiary/aromatic N) is 1. The number of carbonyl (C=O) groups is 2. The highest BCUT2D eigenvalue weighted by Crippen LogP contribution is 2.19. The number of rotatable bonds is 4. The van der Waals surface area contributed by atoms with Crippen LogP contribution in [0.15, 0.2) is 0 Å². The molecule has 1 aliphatic heterocycles. The van der Waals surface area contributed by atoms with Crippen molar-refractivity contribution in [2.24, 2.45) is 5.92 Å². The Balaban J connectivity index is 2.26. The predicted octanol–water partition coefficient (Wildman–Crippen LogP) is 1.85. The van der Waals surface area contributed by atoms with Crippen LogP contribution < -0.4 is 0 Å². The van der Waals surface area contributed by atoms with E-state index in [0.717, 1.165) is 19.1 Å². The maximum atomic E-state index is 11.8. The summed E-state index contributed by atoms with van der Waals surface area (Å²) in [5.41, 5.74) is -0.443. The van der Waals surface area contributed by atoms with Crippen molar-refractivity contribution in [2.75, 3.05) is 26.3 Å². The first kappa shape index (κ1) is 15.0. The largest absolute Gasteiger partial charge is 0.444 e. The van der Waals surface area contributed by atoms with Crippen molar-refractivity contribution in [1.82, 2.24) is 4.90 Å². The van der Waals surface area contributed by atoms with E-state index in [1.165, 1.54) is 0 Å². The molecule has 0 unspecified atom stereocenters. The van der Waals surface area contributed by atoms with E-state index in [1.54, 1.807) is 4.90 Å². The summed E-state index contributed by atoms with van der Waals surface area (Å²) in [6, 6.07) is 0. The maximum Gasteiger partial charge on any atom is 0.410 e. The SMILES string of the molecule is CC(C)(C)OC(=O)N1CCC(COCC=O)CC1. The molecule has 0 aromatic carbocycles. The fourth-order valence-electron chi connectivity index (χ4n) is 1.89. The monoisotopic (exact) mass is 257 g/mol. The lowest BCUT2D eigenvalue weighted by molar-refractivity contribution is -0.112. The molecule has 18 heavy (non-hydrogen) atoms. The van der Waals surface area contributed by atoms with Crippen LogP contribution in [-0.4, -0.2) is 49.2 Å². The number of likely N-dealkylation sites (tertiary alicyclic amines) is 1. The molecule has 0 aromatic rings. The first-order valence-electron chi connectivity index (χ1n) is 6.41. The van der Waals surface area contributed by atoms with Crippen LogP contribution >= 0.6 is 0 Å². The van der Waals surface area contributed by atoms with Gasteiger partial charge < -0.3 is 19.2 Å². The number of hydrogen-bond donors (Lipinski definition) is 0. The number of hydrogen-bond acceptors (Lipinski definition) is 4. The van der Waals surface area contributed by atoms with Crippen LogP contribution in [0.1, 0.15) is 33.6 Å². The third-order valence-corrected chi connectivity index (χ3v) is 2.81. The van der Waals surface area contributed by atoms with Gasteiger partial charge in [0.05, 0.1) is 6.61 Å². The minimum Gasteiger partial charge on any atom is -0.444 e. The molecule has 0 aromatic heterocycles. The highest BCUT2D eigenvalue weighted by Gasteiger charge is 2.26. The van der Waals surface area contributed by atoms with Crippen LogP contribution in [0, 0.1) is 5.92 Å². The molecular formula is C13H23NO4. The second kappa shape index (κ2) is 6.73. The Hall–Kier alpha value is -1.10. The molecule has 5 nitrogen and oxygen atoms in total. The molecule has 1 amide bonds. The lowest BCUT2D eigenvalue weighted by Gasteiger charge is -2.33. The molecule has 104 valence electrons. The van der Waals surface area contributed by atoms with Gasteiger partial charge in [-0.05, 0) is 39.5 Å². The fraction of sp³-hybridized carbons (Fsp3) is 0.846. The molecule has 1 saturated heterocycles. The second-order valence-corrected chi connectivity index (χ2v) is 5.61. The van der Waals surface area contributed by atoms with Crippen molar-refractivity contribution in [1.29, 1.82) is 0 Å². The van der Waals surface area contributed by atoms with Crippen LogP contribution in [0.4, 0.5) is 4.79 Å². The highest BCUT2D eigenvalue weighted by molar-refractivity contribution is 5.68. The molecule has 1 rings (SSSR count). The van der Waals surface area contributed by atoms with Gasteiger partial charge in [0.25, 0.3) is 0 Å². The molecule has 5 heteroatoms. The second-order valence-electron chi connectivity index (χ2n) is 5.61. The van der Waals surface area contributed by atoms with Gasteiger partial charge in [-0.15, -0.1) is 0 Å². The third-order valence-electron chi connectivity index (χ3n) is 2.81. The third kappa shape index (κ3) is 5.49. The Kier molecular flexibility index (Phi) is 5.59. The summed E-state index contributed by atoms with van der Waals surface area (Å²) in [7, 11) is 0. The van der Waals surface area contributed by atoms with Crippen molar-refractivity contribution in [3.63, 3.8) is 0 Å². The molecule has 0 radical (unpaired) electrons. The van der Waals surface area contributed by atoms with Gasteiger partial charge >= 0.3 is 6.09 Å². The van der Waals surface area contributed by atoms with E-state index in [0.29, 0.717) is 25.6 Å². The molecular weight excluding hydrogens is 234 g/mol. The Bertz CT molecular complexity index is 277. The van der Waals surface area contributed by atoms with Gasteiger partial charge in [-0.2, -0.15) is 0 Å². The zero-order valence-electron chi connectivity index (χ0n) is 11.5. The minimum atomic E-state index is -0.443. The van der Waals surface area contributed by atoms with E-state index >= 15 is 0 Å². The standard InChI is InChI=1S/C13H23NO4/c1-13(2,3)18-12(16)14-6-4-11(5-7-14)10-17-9-8-15/h8,11H,4-7,9-10H2,1-3H3. The van der Waals surface area contributed by atoms with Crippen molar-refractivity contribution in [2.45, 2.75) is 39.2 Å². The normalized spacial score (nSPS) is 17.6. The molecule has 0 spiro atoms. The summed E-state index contributed by atoms with van der Waals surface area (Å²) in [6.45, 7) is 7.75. The Morgan fingerprint density at radius 2 is 1.94 bits per heavy atom. The predicted molar refractivity (Wildman–Crippen MR) is 67.4 cm³/mol. The highest BCUT2D eigenvalue weighted by atomic mass is 16.6. The topological polar surface area (TPSA) is 55.8 Å². The van der Waals surface area contributed by atoms with Crippen molar-refractivity contribution in [3.05, 3.63) is 0 Å². The lowest BCUT2D eigenvalue weighted by Crippen LogP contribution is -2.42. The van der Waals surface area contributed by atoms with E-state index < -0.39 is 5.60 Å². The van der Waals surface area contributed by atoms with E-state index in [9.17, 15) is 9.59 Å². The van der Waals surface area contributed by atoms with Gasteiger partial charge in [-0.25, -0.2) is 4.79 Å². The van der Waals surface area contributed by atoms with Gasteiger partial charge in [0.2, 0.25) is 0 Å². The molecule has 1 fully saturated rings. The smallest absolute Gasteiger partial charge is 0.410 e. The Morgan fingerprint density at radius 1 is 1.33 bits per heavy atom. The van der Waals surface area contributed by atoms with Crippen molar-refractivity contribution >= 4 is 12.4 Å². The molecule has 1 heterocycles. The van der Waals surface area contributed by atoms with Crippen LogP contribution in [0.3, 0.4) is 0 Å². The van der Waals surface area contributed by atoms with E-state index in [-0.39, 0.29) is 12.7 Å². The fourth-order valence-corrected chi connectivity index (χ4v) is 1.89. The summed E-state index contributed by atoms with van der Waals surface area (Å²) in [5, 5.41) is 0. The quantitative estimate of drug-likeness (QED) is 0.569. The van der Waals surface area contributed by atoms with Crippen molar-refractivity contribution in [3.8, 4) is 0 Å².